The van der Waals surface area contributed by atoms with E-state index in [2.05, 4.69) is 4.98 Å². The summed E-state index contributed by atoms with van der Waals surface area (Å²) in [5.74, 6) is 0.470. The zero-order valence-corrected chi connectivity index (χ0v) is 10.6. The molecule has 1 heterocycles. The Morgan fingerprint density at radius 3 is 2.78 bits per heavy atom. The molecular formula is C14H12ClN3. The van der Waals surface area contributed by atoms with E-state index < -0.39 is 0 Å². The van der Waals surface area contributed by atoms with Crippen molar-refractivity contribution in [3.63, 3.8) is 0 Å². The SMILES string of the molecule is Cc1ccc2c(c1)nc(N)n2-c1cccc(Cl)c1. The first-order valence-electron chi connectivity index (χ1n) is 5.66. The molecule has 0 bridgehead atoms. The molecule has 0 saturated heterocycles. The maximum atomic E-state index is 6.02. The minimum atomic E-state index is 0.470. The number of fused-ring (bicyclic) bond motifs is 1. The Labute approximate surface area is 110 Å². The monoisotopic (exact) mass is 257 g/mol. The predicted octanol–water partition coefficient (Wildman–Crippen LogP) is 3.57. The molecule has 0 spiro atoms. The number of imidazole rings is 1. The number of aromatic nitrogens is 2. The fraction of sp³-hybridized carbons (Fsp3) is 0.0714. The molecule has 0 aliphatic heterocycles. The van der Waals surface area contributed by atoms with Crippen molar-refractivity contribution in [3.8, 4) is 5.69 Å². The van der Waals surface area contributed by atoms with Crippen molar-refractivity contribution in [2.45, 2.75) is 6.92 Å². The van der Waals surface area contributed by atoms with Gasteiger partial charge >= 0.3 is 0 Å². The van der Waals surface area contributed by atoms with E-state index in [1.807, 2.05) is 54.0 Å². The first kappa shape index (κ1) is 11.1. The van der Waals surface area contributed by atoms with Crippen LogP contribution in [0.25, 0.3) is 16.7 Å². The largest absolute Gasteiger partial charge is 0.369 e. The minimum Gasteiger partial charge on any atom is -0.369 e. The first-order valence-corrected chi connectivity index (χ1v) is 6.03. The summed E-state index contributed by atoms with van der Waals surface area (Å²) in [7, 11) is 0. The molecule has 2 aromatic carbocycles. The molecule has 0 saturated carbocycles. The number of nitrogens with zero attached hydrogens (tertiary/aromatic N) is 2. The van der Waals surface area contributed by atoms with Gasteiger partial charge in [-0.1, -0.05) is 23.7 Å². The molecule has 3 nitrogen and oxygen atoms in total. The molecule has 18 heavy (non-hydrogen) atoms. The summed E-state index contributed by atoms with van der Waals surface area (Å²) >= 11 is 6.02. The lowest BCUT2D eigenvalue weighted by Crippen LogP contribution is -2.00. The lowest BCUT2D eigenvalue weighted by Gasteiger charge is -2.06. The highest BCUT2D eigenvalue weighted by Crippen LogP contribution is 2.25. The second-order valence-corrected chi connectivity index (χ2v) is 4.71. The standard InChI is InChI=1S/C14H12ClN3/c1-9-5-6-13-12(7-9)17-14(16)18(13)11-4-2-3-10(15)8-11/h2-8H,1H3,(H2,16,17). The zero-order valence-electron chi connectivity index (χ0n) is 9.89. The van der Waals surface area contributed by atoms with Crippen molar-refractivity contribution < 1.29 is 0 Å². The lowest BCUT2D eigenvalue weighted by atomic mass is 10.2. The predicted molar refractivity (Wildman–Crippen MR) is 75.2 cm³/mol. The number of anilines is 1. The second kappa shape index (κ2) is 4.03. The van der Waals surface area contributed by atoms with Crippen LogP contribution >= 0.6 is 11.6 Å². The summed E-state index contributed by atoms with van der Waals surface area (Å²) in [6, 6.07) is 13.7. The van der Waals surface area contributed by atoms with Crippen LogP contribution in [0.15, 0.2) is 42.5 Å². The number of nitrogens with two attached hydrogens (primary N) is 1. The third-order valence-electron chi connectivity index (χ3n) is 2.90. The van der Waals surface area contributed by atoms with Gasteiger partial charge in [0.25, 0.3) is 0 Å². The summed E-state index contributed by atoms with van der Waals surface area (Å²) < 4.78 is 1.90. The van der Waals surface area contributed by atoms with E-state index in [1.54, 1.807) is 0 Å². The molecular weight excluding hydrogens is 246 g/mol. The van der Waals surface area contributed by atoms with Gasteiger partial charge in [0.05, 0.1) is 16.7 Å². The van der Waals surface area contributed by atoms with Crippen LogP contribution in [-0.2, 0) is 0 Å². The maximum Gasteiger partial charge on any atom is 0.205 e. The van der Waals surface area contributed by atoms with Gasteiger partial charge in [-0.25, -0.2) is 4.98 Å². The van der Waals surface area contributed by atoms with Crippen molar-refractivity contribution in [1.29, 1.82) is 0 Å². The molecule has 0 aliphatic rings. The van der Waals surface area contributed by atoms with Crippen molar-refractivity contribution >= 4 is 28.6 Å². The fourth-order valence-corrected chi connectivity index (χ4v) is 2.28. The van der Waals surface area contributed by atoms with Crippen molar-refractivity contribution in [2.75, 3.05) is 5.73 Å². The number of rotatable bonds is 1. The van der Waals surface area contributed by atoms with E-state index in [0.717, 1.165) is 16.7 Å². The number of hydrogen-bond acceptors (Lipinski definition) is 2. The Hall–Kier alpha value is -2.00. The van der Waals surface area contributed by atoms with E-state index in [-0.39, 0.29) is 0 Å². The van der Waals surface area contributed by atoms with Crippen LogP contribution in [0.2, 0.25) is 5.02 Å². The molecule has 3 aromatic rings. The molecule has 90 valence electrons. The van der Waals surface area contributed by atoms with Crippen LogP contribution in [-0.4, -0.2) is 9.55 Å². The Bertz CT molecular complexity index is 731. The molecule has 0 atom stereocenters. The zero-order chi connectivity index (χ0) is 12.7. The lowest BCUT2D eigenvalue weighted by molar-refractivity contribution is 1.11. The summed E-state index contributed by atoms with van der Waals surface area (Å²) in [5.41, 5.74) is 9.96. The normalized spacial score (nSPS) is 11.0. The summed E-state index contributed by atoms with van der Waals surface area (Å²) in [5, 5.41) is 0.681. The van der Waals surface area contributed by atoms with E-state index >= 15 is 0 Å². The summed E-state index contributed by atoms with van der Waals surface area (Å²) in [6.07, 6.45) is 0. The summed E-state index contributed by atoms with van der Waals surface area (Å²) in [6.45, 7) is 2.04. The topological polar surface area (TPSA) is 43.8 Å². The number of benzene rings is 2. The average Bonchev–Trinajstić information content (AvgIpc) is 2.64. The molecule has 0 unspecified atom stereocenters. The highest BCUT2D eigenvalue weighted by Gasteiger charge is 2.09. The molecule has 0 amide bonds. The van der Waals surface area contributed by atoms with Crippen LogP contribution < -0.4 is 5.73 Å². The molecule has 0 fully saturated rings. The minimum absolute atomic E-state index is 0.470. The van der Waals surface area contributed by atoms with Gasteiger partial charge in [-0.15, -0.1) is 0 Å². The highest BCUT2D eigenvalue weighted by atomic mass is 35.5. The first-order chi connectivity index (χ1) is 8.65. The smallest absolute Gasteiger partial charge is 0.205 e. The average molecular weight is 258 g/mol. The van der Waals surface area contributed by atoms with Crippen LogP contribution in [0.1, 0.15) is 5.56 Å². The van der Waals surface area contributed by atoms with E-state index in [1.165, 1.54) is 5.56 Å². The third kappa shape index (κ3) is 1.73. The van der Waals surface area contributed by atoms with Gasteiger partial charge in [0.15, 0.2) is 0 Å². The van der Waals surface area contributed by atoms with E-state index in [9.17, 15) is 0 Å². The van der Waals surface area contributed by atoms with Crippen molar-refractivity contribution in [2.24, 2.45) is 0 Å². The Morgan fingerprint density at radius 1 is 1.17 bits per heavy atom. The number of aryl methyl sites for hydroxylation is 1. The Morgan fingerprint density at radius 2 is 2.00 bits per heavy atom. The van der Waals surface area contributed by atoms with Gasteiger partial charge in [-0.3, -0.25) is 4.57 Å². The number of halogens is 1. The molecule has 4 heteroatoms. The van der Waals surface area contributed by atoms with Crippen molar-refractivity contribution in [3.05, 3.63) is 53.1 Å². The van der Waals surface area contributed by atoms with Gasteiger partial charge in [-0.2, -0.15) is 0 Å². The van der Waals surface area contributed by atoms with Gasteiger partial charge in [0.1, 0.15) is 0 Å². The third-order valence-corrected chi connectivity index (χ3v) is 3.14. The Balaban J connectivity index is 2.32. The van der Waals surface area contributed by atoms with Crippen LogP contribution in [0.4, 0.5) is 5.95 Å². The van der Waals surface area contributed by atoms with Gasteiger partial charge in [-0.05, 0) is 42.8 Å². The van der Waals surface area contributed by atoms with Crippen LogP contribution in [0.3, 0.4) is 0 Å². The molecule has 0 aliphatic carbocycles. The fourth-order valence-electron chi connectivity index (χ4n) is 2.10. The maximum absolute atomic E-state index is 6.02. The van der Waals surface area contributed by atoms with Crippen LogP contribution in [0, 0.1) is 6.92 Å². The molecule has 0 radical (unpaired) electrons. The molecule has 2 N–H and O–H groups in total. The van der Waals surface area contributed by atoms with Gasteiger partial charge in [0, 0.05) is 5.02 Å². The van der Waals surface area contributed by atoms with E-state index in [0.29, 0.717) is 11.0 Å². The van der Waals surface area contributed by atoms with E-state index in [4.69, 9.17) is 17.3 Å². The summed E-state index contributed by atoms with van der Waals surface area (Å²) in [4.78, 5) is 4.38. The second-order valence-electron chi connectivity index (χ2n) is 4.28. The number of hydrogen-bond donors (Lipinski definition) is 1. The van der Waals surface area contributed by atoms with Crippen LogP contribution in [0.5, 0.6) is 0 Å². The van der Waals surface area contributed by atoms with Crippen molar-refractivity contribution in [1.82, 2.24) is 9.55 Å². The van der Waals surface area contributed by atoms with Gasteiger partial charge in [0.2, 0.25) is 5.95 Å². The molecule has 3 rings (SSSR count). The Kier molecular flexibility index (Phi) is 2.49. The highest BCUT2D eigenvalue weighted by molar-refractivity contribution is 6.30. The molecule has 1 aromatic heterocycles. The number of nitrogen functional groups attached to an aromatic ring is 1. The quantitative estimate of drug-likeness (QED) is 0.724. The van der Waals surface area contributed by atoms with Gasteiger partial charge < -0.3 is 5.73 Å².